The van der Waals surface area contributed by atoms with Gasteiger partial charge < -0.3 is 14.0 Å². The van der Waals surface area contributed by atoms with E-state index >= 15 is 0 Å². The molecule has 1 aromatic rings. The number of esters is 1. The Hall–Kier alpha value is -1.47. The van der Waals surface area contributed by atoms with E-state index in [-0.39, 0.29) is 12.0 Å². The molecule has 0 N–H and O–H groups in total. The minimum absolute atomic E-state index is 0.271. The molecule has 7 nitrogen and oxygen atoms in total. The van der Waals surface area contributed by atoms with Gasteiger partial charge in [0.2, 0.25) is 0 Å². The van der Waals surface area contributed by atoms with E-state index in [4.69, 9.17) is 9.47 Å². The summed E-state index contributed by atoms with van der Waals surface area (Å²) in [7, 11) is 3.26. The van der Waals surface area contributed by atoms with Crippen molar-refractivity contribution >= 4 is 5.97 Å². The third kappa shape index (κ3) is 2.62. The number of carbonyl (C=O) groups is 1. The fourth-order valence-corrected chi connectivity index (χ4v) is 1.81. The van der Waals surface area contributed by atoms with Crippen molar-refractivity contribution in [3.8, 4) is 0 Å². The highest BCUT2D eigenvalue weighted by atomic mass is 16.5. The molecular formula is C10H16N4O3. The molecule has 0 amide bonds. The van der Waals surface area contributed by atoms with E-state index in [0.29, 0.717) is 26.3 Å². The number of aryl methyl sites for hydroxylation is 1. The van der Waals surface area contributed by atoms with Gasteiger partial charge in [0.05, 0.1) is 26.9 Å². The maximum atomic E-state index is 11.6. The summed E-state index contributed by atoms with van der Waals surface area (Å²) < 4.78 is 11.9. The average molecular weight is 240 g/mol. The van der Waals surface area contributed by atoms with Crippen LogP contribution in [0.15, 0.2) is 6.33 Å². The second-order valence-corrected chi connectivity index (χ2v) is 3.94. The van der Waals surface area contributed by atoms with Gasteiger partial charge in [0.1, 0.15) is 18.2 Å². The molecule has 2 rings (SSSR count). The van der Waals surface area contributed by atoms with Crippen LogP contribution in [0, 0.1) is 0 Å². The largest absolute Gasteiger partial charge is 0.468 e. The van der Waals surface area contributed by atoms with Crippen LogP contribution in [0.5, 0.6) is 0 Å². The molecule has 1 saturated heterocycles. The first-order valence-corrected chi connectivity index (χ1v) is 5.45. The van der Waals surface area contributed by atoms with E-state index in [9.17, 15) is 4.79 Å². The number of carbonyl (C=O) groups excluding carboxylic acids is 1. The predicted molar refractivity (Wildman–Crippen MR) is 58.0 cm³/mol. The number of aromatic nitrogens is 3. The topological polar surface area (TPSA) is 69.5 Å². The second kappa shape index (κ2) is 5.24. The van der Waals surface area contributed by atoms with Crippen molar-refractivity contribution in [1.29, 1.82) is 0 Å². The molecule has 17 heavy (non-hydrogen) atoms. The Labute approximate surface area is 99.3 Å². The Morgan fingerprint density at radius 1 is 1.71 bits per heavy atom. The highest BCUT2D eigenvalue weighted by Gasteiger charge is 2.30. The number of methoxy groups -OCH3 is 1. The van der Waals surface area contributed by atoms with Gasteiger partial charge in [-0.1, -0.05) is 0 Å². The zero-order valence-electron chi connectivity index (χ0n) is 10.00. The van der Waals surface area contributed by atoms with Gasteiger partial charge in [-0.15, -0.1) is 10.2 Å². The van der Waals surface area contributed by atoms with Gasteiger partial charge in [-0.3, -0.25) is 9.69 Å². The molecule has 0 spiro atoms. The normalized spacial score (nSPS) is 21.4. The summed E-state index contributed by atoms with van der Waals surface area (Å²) in [6.07, 6.45) is 1.64. The quantitative estimate of drug-likeness (QED) is 0.644. The van der Waals surface area contributed by atoms with Gasteiger partial charge in [0, 0.05) is 13.6 Å². The maximum absolute atomic E-state index is 11.6. The van der Waals surface area contributed by atoms with E-state index in [1.54, 1.807) is 6.33 Å². The molecule has 0 saturated carbocycles. The summed E-state index contributed by atoms with van der Waals surface area (Å²) in [6, 6.07) is -0.356. The van der Waals surface area contributed by atoms with Crippen molar-refractivity contribution in [1.82, 2.24) is 19.7 Å². The van der Waals surface area contributed by atoms with Crippen molar-refractivity contribution in [2.24, 2.45) is 7.05 Å². The number of ether oxygens (including phenoxy) is 2. The lowest BCUT2D eigenvalue weighted by Crippen LogP contribution is -2.50. The first-order chi connectivity index (χ1) is 8.22. The second-order valence-electron chi connectivity index (χ2n) is 3.94. The molecule has 0 radical (unpaired) electrons. The van der Waals surface area contributed by atoms with E-state index in [1.165, 1.54) is 7.11 Å². The average Bonchev–Trinajstić information content (AvgIpc) is 2.75. The molecule has 1 atom stereocenters. The van der Waals surface area contributed by atoms with Crippen LogP contribution < -0.4 is 0 Å². The van der Waals surface area contributed by atoms with Gasteiger partial charge in [-0.25, -0.2) is 0 Å². The van der Waals surface area contributed by atoms with Crippen LogP contribution in [0.2, 0.25) is 0 Å². The predicted octanol–water partition coefficient (Wildman–Crippen LogP) is -0.811. The lowest BCUT2D eigenvalue weighted by atomic mass is 10.2. The summed E-state index contributed by atoms with van der Waals surface area (Å²) in [5.74, 6) is 0.549. The van der Waals surface area contributed by atoms with Crippen LogP contribution in [0.3, 0.4) is 0 Å². The van der Waals surface area contributed by atoms with Crippen LogP contribution in [0.1, 0.15) is 5.82 Å². The van der Waals surface area contributed by atoms with Crippen LogP contribution >= 0.6 is 0 Å². The number of nitrogens with zero attached hydrogens (tertiary/aromatic N) is 4. The summed E-state index contributed by atoms with van der Waals surface area (Å²) in [5.41, 5.74) is 0. The van der Waals surface area contributed by atoms with E-state index in [2.05, 4.69) is 10.2 Å². The molecule has 2 heterocycles. The molecule has 0 aromatic carbocycles. The molecule has 1 fully saturated rings. The molecule has 7 heteroatoms. The highest BCUT2D eigenvalue weighted by Crippen LogP contribution is 2.11. The van der Waals surface area contributed by atoms with E-state index in [0.717, 1.165) is 5.82 Å². The SMILES string of the molecule is COC(=O)C1COCCN1Cc1nncn1C. The molecule has 0 bridgehead atoms. The van der Waals surface area contributed by atoms with Crippen LogP contribution in [0.4, 0.5) is 0 Å². The summed E-state index contributed by atoms with van der Waals surface area (Å²) in [5, 5.41) is 7.82. The summed E-state index contributed by atoms with van der Waals surface area (Å²) in [6.45, 7) is 2.24. The van der Waals surface area contributed by atoms with E-state index < -0.39 is 0 Å². The Kier molecular flexibility index (Phi) is 3.70. The number of hydrogen-bond donors (Lipinski definition) is 0. The smallest absolute Gasteiger partial charge is 0.325 e. The zero-order valence-corrected chi connectivity index (χ0v) is 10.00. The van der Waals surface area contributed by atoms with Gasteiger partial charge in [-0.05, 0) is 0 Å². The third-order valence-corrected chi connectivity index (χ3v) is 2.86. The first-order valence-electron chi connectivity index (χ1n) is 5.45. The van der Waals surface area contributed by atoms with Crippen molar-refractivity contribution in [2.75, 3.05) is 26.9 Å². The molecule has 94 valence electrons. The molecule has 1 aliphatic rings. The molecule has 1 unspecified atom stereocenters. The van der Waals surface area contributed by atoms with Crippen LogP contribution in [0.25, 0.3) is 0 Å². The van der Waals surface area contributed by atoms with Crippen LogP contribution in [-0.4, -0.2) is 58.5 Å². The van der Waals surface area contributed by atoms with Crippen LogP contribution in [-0.2, 0) is 27.9 Å². The van der Waals surface area contributed by atoms with E-state index in [1.807, 2.05) is 16.5 Å². The Morgan fingerprint density at radius 3 is 3.18 bits per heavy atom. The monoisotopic (exact) mass is 240 g/mol. The number of hydrogen-bond acceptors (Lipinski definition) is 6. The lowest BCUT2D eigenvalue weighted by Gasteiger charge is -2.32. The van der Waals surface area contributed by atoms with Gasteiger partial charge in [0.15, 0.2) is 0 Å². The Balaban J connectivity index is 2.06. The van der Waals surface area contributed by atoms with Gasteiger partial charge in [0.25, 0.3) is 0 Å². The molecular weight excluding hydrogens is 224 g/mol. The summed E-state index contributed by atoms with van der Waals surface area (Å²) >= 11 is 0. The molecule has 0 aliphatic carbocycles. The summed E-state index contributed by atoms with van der Waals surface area (Å²) in [4.78, 5) is 13.6. The minimum Gasteiger partial charge on any atom is -0.468 e. The van der Waals surface area contributed by atoms with Gasteiger partial charge in [-0.2, -0.15) is 0 Å². The third-order valence-electron chi connectivity index (χ3n) is 2.86. The molecule has 1 aliphatic heterocycles. The molecule has 1 aromatic heterocycles. The zero-order chi connectivity index (χ0) is 12.3. The van der Waals surface area contributed by atoms with Gasteiger partial charge >= 0.3 is 5.97 Å². The Bertz CT molecular complexity index is 393. The van der Waals surface area contributed by atoms with Crippen molar-refractivity contribution < 1.29 is 14.3 Å². The minimum atomic E-state index is -0.356. The standard InChI is InChI=1S/C10H16N4O3/c1-13-7-11-12-9(13)5-14-3-4-17-6-8(14)10(15)16-2/h7-8H,3-6H2,1-2H3. The number of rotatable bonds is 3. The Morgan fingerprint density at radius 2 is 2.53 bits per heavy atom. The van der Waals surface area contributed by atoms with Crippen molar-refractivity contribution in [3.63, 3.8) is 0 Å². The van der Waals surface area contributed by atoms with Crippen molar-refractivity contribution in [2.45, 2.75) is 12.6 Å². The fraction of sp³-hybridized carbons (Fsp3) is 0.700. The maximum Gasteiger partial charge on any atom is 0.325 e. The lowest BCUT2D eigenvalue weighted by molar-refractivity contribution is -0.153. The number of morpholine rings is 1. The highest BCUT2D eigenvalue weighted by molar-refractivity contribution is 5.75. The fourth-order valence-electron chi connectivity index (χ4n) is 1.81. The first kappa shape index (κ1) is 12.0. The van der Waals surface area contributed by atoms with Crippen molar-refractivity contribution in [3.05, 3.63) is 12.2 Å².